The topological polar surface area (TPSA) is 26.3 Å². The third-order valence-corrected chi connectivity index (χ3v) is 2.24. The lowest BCUT2D eigenvalue weighted by Crippen LogP contribution is -2.08. The van der Waals surface area contributed by atoms with E-state index in [1.807, 2.05) is 37.3 Å². The van der Waals surface area contributed by atoms with E-state index in [1.54, 1.807) is 24.3 Å². The van der Waals surface area contributed by atoms with E-state index in [4.69, 9.17) is 4.74 Å². The van der Waals surface area contributed by atoms with Crippen LogP contribution >= 0.6 is 0 Å². The number of aryl methyl sites for hydroxylation is 1. The van der Waals surface area contributed by atoms with Gasteiger partial charge in [0.15, 0.2) is 0 Å². The summed E-state index contributed by atoms with van der Waals surface area (Å²) in [6, 6.07) is 16.4. The van der Waals surface area contributed by atoms with Crippen molar-refractivity contribution < 1.29 is 9.53 Å². The molecule has 0 spiro atoms. The first-order chi connectivity index (χ1) is 7.75. The number of hydrogen-bond donors (Lipinski definition) is 0. The Morgan fingerprint density at radius 2 is 1.56 bits per heavy atom. The lowest BCUT2D eigenvalue weighted by Gasteiger charge is -2.03. The summed E-state index contributed by atoms with van der Waals surface area (Å²) < 4.78 is 5.20. The van der Waals surface area contributed by atoms with Crippen LogP contribution in [0.3, 0.4) is 0 Å². The molecular weight excluding hydrogens is 200 g/mol. The Morgan fingerprint density at radius 3 is 2.19 bits per heavy atom. The highest BCUT2D eigenvalue weighted by Gasteiger charge is 2.07. The van der Waals surface area contributed by atoms with Gasteiger partial charge < -0.3 is 4.74 Å². The van der Waals surface area contributed by atoms with E-state index >= 15 is 0 Å². The molecular formula is C14H12O2. The van der Waals surface area contributed by atoms with Crippen LogP contribution in [0.25, 0.3) is 0 Å². The summed E-state index contributed by atoms with van der Waals surface area (Å²) in [5, 5.41) is 0. The molecule has 0 radical (unpaired) electrons. The van der Waals surface area contributed by atoms with E-state index in [9.17, 15) is 4.79 Å². The van der Waals surface area contributed by atoms with Crippen molar-refractivity contribution >= 4 is 5.97 Å². The Bertz CT molecular complexity index is 472. The average Bonchev–Trinajstić information content (AvgIpc) is 2.31. The molecule has 0 saturated heterocycles. The third kappa shape index (κ3) is 2.48. The number of rotatable bonds is 2. The number of esters is 1. The number of para-hydroxylation sites is 1. The predicted molar refractivity (Wildman–Crippen MR) is 62.6 cm³/mol. The molecule has 0 fully saturated rings. The highest BCUT2D eigenvalue weighted by Crippen LogP contribution is 2.12. The van der Waals surface area contributed by atoms with Gasteiger partial charge in [0.25, 0.3) is 0 Å². The van der Waals surface area contributed by atoms with E-state index in [-0.39, 0.29) is 5.97 Å². The van der Waals surface area contributed by atoms with E-state index in [1.165, 1.54) is 0 Å². The molecule has 0 aliphatic heterocycles. The smallest absolute Gasteiger partial charge is 0.343 e. The van der Waals surface area contributed by atoms with Gasteiger partial charge in [-0.05, 0) is 31.2 Å². The molecule has 2 aromatic carbocycles. The maximum absolute atomic E-state index is 11.7. The molecule has 2 heteroatoms. The van der Waals surface area contributed by atoms with Crippen molar-refractivity contribution in [2.24, 2.45) is 0 Å². The van der Waals surface area contributed by atoms with Crippen molar-refractivity contribution in [3.8, 4) is 5.75 Å². The first-order valence-electron chi connectivity index (χ1n) is 5.09. The van der Waals surface area contributed by atoms with Crippen molar-refractivity contribution in [3.05, 3.63) is 65.7 Å². The van der Waals surface area contributed by atoms with Crippen LogP contribution in [0.15, 0.2) is 54.6 Å². The van der Waals surface area contributed by atoms with Crippen LogP contribution in [-0.2, 0) is 0 Å². The summed E-state index contributed by atoms with van der Waals surface area (Å²) in [5.41, 5.74) is 1.69. The molecule has 0 heterocycles. The monoisotopic (exact) mass is 212 g/mol. The molecule has 0 aromatic heterocycles. The molecule has 0 bridgehead atoms. The van der Waals surface area contributed by atoms with E-state index < -0.39 is 0 Å². The van der Waals surface area contributed by atoms with Gasteiger partial charge in [-0.1, -0.05) is 35.9 Å². The minimum absolute atomic E-state index is 0.328. The second-order valence-electron chi connectivity index (χ2n) is 3.57. The molecule has 2 nitrogen and oxygen atoms in total. The van der Waals surface area contributed by atoms with Gasteiger partial charge in [0.05, 0.1) is 5.56 Å². The molecule has 0 aliphatic carbocycles. The standard InChI is InChI=1S/C14H12O2/c1-11-7-9-12(10-8-11)14(15)16-13-5-3-2-4-6-13/h2-10H,1H3. The third-order valence-electron chi connectivity index (χ3n) is 2.24. The highest BCUT2D eigenvalue weighted by molar-refractivity contribution is 5.91. The SMILES string of the molecule is Cc1ccc(C(=O)Oc2ccccc2)cc1. The Kier molecular flexibility index (Phi) is 3.01. The fraction of sp³-hybridized carbons (Fsp3) is 0.0714. The molecule has 0 N–H and O–H groups in total. The minimum atomic E-state index is -0.328. The van der Waals surface area contributed by atoms with Crippen LogP contribution in [-0.4, -0.2) is 5.97 Å². The second kappa shape index (κ2) is 4.62. The maximum Gasteiger partial charge on any atom is 0.343 e. The predicted octanol–water partition coefficient (Wildman–Crippen LogP) is 3.21. The van der Waals surface area contributed by atoms with Gasteiger partial charge >= 0.3 is 5.97 Å². The second-order valence-corrected chi connectivity index (χ2v) is 3.57. The number of benzene rings is 2. The quantitative estimate of drug-likeness (QED) is 0.564. The summed E-state index contributed by atoms with van der Waals surface area (Å²) >= 11 is 0. The minimum Gasteiger partial charge on any atom is -0.423 e. The van der Waals surface area contributed by atoms with Gasteiger partial charge in [-0.3, -0.25) is 0 Å². The molecule has 2 aromatic rings. The van der Waals surface area contributed by atoms with Gasteiger partial charge in [-0.2, -0.15) is 0 Å². The molecule has 80 valence electrons. The lowest BCUT2D eigenvalue weighted by atomic mass is 10.1. The molecule has 0 saturated carbocycles. The Balaban J connectivity index is 2.12. The largest absolute Gasteiger partial charge is 0.423 e. The zero-order chi connectivity index (χ0) is 11.4. The van der Waals surface area contributed by atoms with Crippen LogP contribution in [0.2, 0.25) is 0 Å². The number of carbonyl (C=O) groups is 1. The van der Waals surface area contributed by atoms with Gasteiger partial charge in [0, 0.05) is 0 Å². The van der Waals surface area contributed by atoms with Crippen molar-refractivity contribution in [1.82, 2.24) is 0 Å². The average molecular weight is 212 g/mol. The molecule has 0 amide bonds. The fourth-order valence-corrected chi connectivity index (χ4v) is 1.34. The zero-order valence-corrected chi connectivity index (χ0v) is 9.01. The highest BCUT2D eigenvalue weighted by atomic mass is 16.5. The Morgan fingerprint density at radius 1 is 0.938 bits per heavy atom. The Labute approximate surface area is 94.5 Å². The summed E-state index contributed by atoms with van der Waals surface area (Å²) in [6.07, 6.45) is 0. The number of hydrogen-bond acceptors (Lipinski definition) is 2. The van der Waals surface area contributed by atoms with Crippen LogP contribution in [0.4, 0.5) is 0 Å². The van der Waals surface area contributed by atoms with Crippen LogP contribution in [0.5, 0.6) is 5.75 Å². The lowest BCUT2D eigenvalue weighted by molar-refractivity contribution is 0.0735. The zero-order valence-electron chi connectivity index (χ0n) is 9.01. The molecule has 0 unspecified atom stereocenters. The van der Waals surface area contributed by atoms with Crippen molar-refractivity contribution in [1.29, 1.82) is 0 Å². The number of carbonyl (C=O) groups excluding carboxylic acids is 1. The summed E-state index contributed by atoms with van der Waals surface area (Å²) in [7, 11) is 0. The molecule has 0 atom stereocenters. The molecule has 16 heavy (non-hydrogen) atoms. The maximum atomic E-state index is 11.7. The molecule has 0 aliphatic rings. The van der Waals surface area contributed by atoms with Gasteiger partial charge in [-0.15, -0.1) is 0 Å². The number of ether oxygens (including phenoxy) is 1. The van der Waals surface area contributed by atoms with Crippen LogP contribution in [0, 0.1) is 6.92 Å². The summed E-state index contributed by atoms with van der Waals surface area (Å²) in [4.78, 5) is 11.7. The van der Waals surface area contributed by atoms with Gasteiger partial charge in [-0.25, -0.2) is 4.79 Å². The fourth-order valence-electron chi connectivity index (χ4n) is 1.34. The van der Waals surface area contributed by atoms with Crippen molar-refractivity contribution in [2.45, 2.75) is 6.92 Å². The Hall–Kier alpha value is -2.09. The van der Waals surface area contributed by atoms with Crippen LogP contribution in [0.1, 0.15) is 15.9 Å². The summed E-state index contributed by atoms with van der Waals surface area (Å²) in [5.74, 6) is 0.235. The van der Waals surface area contributed by atoms with Gasteiger partial charge in [0.1, 0.15) is 5.75 Å². The first-order valence-corrected chi connectivity index (χ1v) is 5.09. The first kappa shape index (κ1) is 10.4. The van der Waals surface area contributed by atoms with Crippen molar-refractivity contribution in [2.75, 3.05) is 0 Å². The van der Waals surface area contributed by atoms with Crippen molar-refractivity contribution in [3.63, 3.8) is 0 Å². The van der Waals surface area contributed by atoms with Gasteiger partial charge in [0.2, 0.25) is 0 Å². The summed E-state index contributed by atoms with van der Waals surface area (Å²) in [6.45, 7) is 1.98. The van der Waals surface area contributed by atoms with E-state index in [2.05, 4.69) is 0 Å². The van der Waals surface area contributed by atoms with Crippen LogP contribution < -0.4 is 4.74 Å². The van der Waals surface area contributed by atoms with E-state index in [0.29, 0.717) is 11.3 Å². The molecule has 2 rings (SSSR count). The normalized spacial score (nSPS) is 9.81. The van der Waals surface area contributed by atoms with E-state index in [0.717, 1.165) is 5.56 Å².